The first kappa shape index (κ1) is 15.1. The van der Waals surface area contributed by atoms with Gasteiger partial charge in [-0.1, -0.05) is 54.9 Å². The number of hydrogen-bond donors (Lipinski definition) is 1. The first-order chi connectivity index (χ1) is 10.6. The molecule has 2 atom stereocenters. The highest BCUT2D eigenvalue weighted by atomic mass is 35.5. The fourth-order valence-electron chi connectivity index (χ4n) is 2.98. The van der Waals surface area contributed by atoms with Gasteiger partial charge in [0.25, 0.3) is 0 Å². The van der Waals surface area contributed by atoms with Gasteiger partial charge in [-0.05, 0) is 29.7 Å². The predicted octanol–water partition coefficient (Wildman–Crippen LogP) is 3.57. The maximum absolute atomic E-state index is 12.8. The molecule has 0 saturated heterocycles. The summed E-state index contributed by atoms with van der Waals surface area (Å²) in [4.78, 5) is 14.7. The highest BCUT2D eigenvalue weighted by molar-refractivity contribution is 6.32. The highest BCUT2D eigenvalue weighted by Crippen LogP contribution is 2.35. The van der Waals surface area contributed by atoms with E-state index in [0.29, 0.717) is 6.54 Å². The van der Waals surface area contributed by atoms with Crippen LogP contribution >= 0.6 is 11.6 Å². The van der Waals surface area contributed by atoms with Gasteiger partial charge in [0, 0.05) is 23.3 Å². The molecule has 2 unspecified atom stereocenters. The van der Waals surface area contributed by atoms with Crippen LogP contribution in [-0.2, 0) is 11.2 Å². The molecule has 2 aromatic rings. The monoisotopic (exact) mass is 314 g/mol. The zero-order valence-corrected chi connectivity index (χ0v) is 13.3. The molecule has 1 aliphatic rings. The van der Waals surface area contributed by atoms with Crippen LogP contribution in [0.15, 0.2) is 48.5 Å². The van der Waals surface area contributed by atoms with Crippen molar-refractivity contribution in [1.29, 1.82) is 0 Å². The number of fused-ring (bicyclic) bond motifs is 1. The van der Waals surface area contributed by atoms with Crippen molar-refractivity contribution >= 4 is 23.2 Å². The van der Waals surface area contributed by atoms with Crippen LogP contribution in [0.1, 0.15) is 24.1 Å². The molecule has 4 heteroatoms. The van der Waals surface area contributed by atoms with Crippen molar-refractivity contribution in [2.45, 2.75) is 19.4 Å². The number of benzene rings is 2. The third-order valence-corrected chi connectivity index (χ3v) is 4.70. The molecule has 3 rings (SSSR count). The van der Waals surface area contributed by atoms with Gasteiger partial charge in [-0.3, -0.25) is 4.79 Å². The molecule has 0 saturated carbocycles. The maximum atomic E-state index is 12.8. The Morgan fingerprint density at radius 1 is 1.18 bits per heavy atom. The van der Waals surface area contributed by atoms with Crippen LogP contribution in [0, 0.1) is 5.92 Å². The van der Waals surface area contributed by atoms with Crippen LogP contribution in [0.3, 0.4) is 0 Å². The number of nitrogens with two attached hydrogens (primary N) is 1. The Bertz CT molecular complexity index is 687. The molecule has 0 fully saturated rings. The topological polar surface area (TPSA) is 46.3 Å². The Morgan fingerprint density at radius 2 is 1.91 bits per heavy atom. The Hall–Kier alpha value is -1.84. The Kier molecular flexibility index (Phi) is 4.19. The van der Waals surface area contributed by atoms with Gasteiger partial charge in [0.15, 0.2) is 0 Å². The molecule has 1 aliphatic heterocycles. The SMILES string of the molecule is CC(C(=O)N1CCc2c(Cl)cccc21)C(N)c1ccccc1. The lowest BCUT2D eigenvalue weighted by atomic mass is 9.94. The molecular formula is C18H19ClN2O. The maximum Gasteiger partial charge on any atom is 0.231 e. The Morgan fingerprint density at radius 3 is 2.64 bits per heavy atom. The third-order valence-electron chi connectivity index (χ3n) is 4.35. The summed E-state index contributed by atoms with van der Waals surface area (Å²) in [6.07, 6.45) is 0.800. The number of amides is 1. The number of anilines is 1. The van der Waals surface area contributed by atoms with E-state index < -0.39 is 0 Å². The van der Waals surface area contributed by atoms with E-state index in [-0.39, 0.29) is 17.9 Å². The van der Waals surface area contributed by atoms with Crippen molar-refractivity contribution in [3.63, 3.8) is 0 Å². The Balaban J connectivity index is 1.82. The van der Waals surface area contributed by atoms with Gasteiger partial charge in [0.05, 0.1) is 5.92 Å². The van der Waals surface area contributed by atoms with Crippen LogP contribution in [0.25, 0.3) is 0 Å². The molecule has 0 spiro atoms. The van der Waals surface area contributed by atoms with Crippen LogP contribution in [-0.4, -0.2) is 12.5 Å². The second-order valence-corrected chi connectivity index (χ2v) is 6.11. The molecule has 114 valence electrons. The molecule has 2 N–H and O–H groups in total. The molecule has 0 aromatic heterocycles. The van der Waals surface area contributed by atoms with Crippen molar-refractivity contribution in [3.05, 3.63) is 64.7 Å². The minimum atomic E-state index is -0.308. The predicted molar refractivity (Wildman–Crippen MR) is 90.0 cm³/mol. The van der Waals surface area contributed by atoms with Crippen LogP contribution in [0.4, 0.5) is 5.69 Å². The molecule has 0 aliphatic carbocycles. The summed E-state index contributed by atoms with van der Waals surface area (Å²) in [5.41, 5.74) is 9.24. The van der Waals surface area contributed by atoms with Crippen molar-refractivity contribution in [3.8, 4) is 0 Å². The van der Waals surface area contributed by atoms with Gasteiger partial charge >= 0.3 is 0 Å². The highest BCUT2D eigenvalue weighted by Gasteiger charge is 2.32. The van der Waals surface area contributed by atoms with Gasteiger partial charge in [-0.25, -0.2) is 0 Å². The second-order valence-electron chi connectivity index (χ2n) is 5.70. The smallest absolute Gasteiger partial charge is 0.231 e. The normalized spacial score (nSPS) is 16.2. The molecule has 1 heterocycles. The van der Waals surface area contributed by atoms with Gasteiger partial charge in [-0.2, -0.15) is 0 Å². The van der Waals surface area contributed by atoms with E-state index in [1.807, 2.05) is 60.4 Å². The van der Waals surface area contributed by atoms with E-state index in [9.17, 15) is 4.79 Å². The van der Waals surface area contributed by atoms with E-state index in [1.165, 1.54) is 0 Å². The minimum absolute atomic E-state index is 0.0531. The second kappa shape index (κ2) is 6.11. The summed E-state index contributed by atoms with van der Waals surface area (Å²) in [6, 6.07) is 15.1. The van der Waals surface area contributed by atoms with E-state index >= 15 is 0 Å². The average Bonchev–Trinajstić information content (AvgIpc) is 2.99. The number of carbonyl (C=O) groups excluding carboxylic acids is 1. The summed E-state index contributed by atoms with van der Waals surface area (Å²) in [5, 5.41) is 0.729. The summed E-state index contributed by atoms with van der Waals surface area (Å²) >= 11 is 6.21. The quantitative estimate of drug-likeness (QED) is 0.941. The van der Waals surface area contributed by atoms with E-state index in [4.69, 9.17) is 17.3 Å². The zero-order chi connectivity index (χ0) is 15.7. The first-order valence-corrected chi connectivity index (χ1v) is 7.86. The number of hydrogen-bond acceptors (Lipinski definition) is 2. The van der Waals surface area contributed by atoms with Crippen molar-refractivity contribution in [2.75, 3.05) is 11.4 Å². The largest absolute Gasteiger partial charge is 0.323 e. The van der Waals surface area contributed by atoms with Gasteiger partial charge in [0.2, 0.25) is 5.91 Å². The van der Waals surface area contributed by atoms with Crippen molar-refractivity contribution in [2.24, 2.45) is 11.7 Å². The number of carbonyl (C=O) groups is 1. The molecular weight excluding hydrogens is 296 g/mol. The molecule has 1 amide bonds. The fourth-order valence-corrected chi connectivity index (χ4v) is 3.25. The Labute approximate surface area is 135 Å². The van der Waals surface area contributed by atoms with Crippen molar-refractivity contribution in [1.82, 2.24) is 0 Å². The first-order valence-electron chi connectivity index (χ1n) is 7.49. The molecule has 0 bridgehead atoms. The molecule has 3 nitrogen and oxygen atoms in total. The molecule has 0 radical (unpaired) electrons. The van der Waals surface area contributed by atoms with Gasteiger partial charge < -0.3 is 10.6 Å². The van der Waals surface area contributed by atoms with Crippen molar-refractivity contribution < 1.29 is 4.79 Å². The lowest BCUT2D eigenvalue weighted by Crippen LogP contribution is -2.38. The fraction of sp³-hybridized carbons (Fsp3) is 0.278. The number of rotatable bonds is 3. The van der Waals surface area contributed by atoms with Crippen LogP contribution < -0.4 is 10.6 Å². The summed E-state index contributed by atoms with van der Waals surface area (Å²) < 4.78 is 0. The molecule has 22 heavy (non-hydrogen) atoms. The average molecular weight is 315 g/mol. The molecule has 2 aromatic carbocycles. The van der Waals surface area contributed by atoms with E-state index in [2.05, 4.69) is 0 Å². The van der Waals surface area contributed by atoms with Gasteiger partial charge in [-0.15, -0.1) is 0 Å². The van der Waals surface area contributed by atoms with E-state index in [1.54, 1.807) is 0 Å². The standard InChI is InChI=1S/C18H19ClN2O/c1-12(17(20)13-6-3-2-4-7-13)18(22)21-11-10-14-15(19)8-5-9-16(14)21/h2-9,12,17H,10-11,20H2,1H3. The van der Waals surface area contributed by atoms with Crippen LogP contribution in [0.5, 0.6) is 0 Å². The third kappa shape index (κ3) is 2.62. The minimum Gasteiger partial charge on any atom is -0.323 e. The van der Waals surface area contributed by atoms with Crippen LogP contribution in [0.2, 0.25) is 5.02 Å². The number of halogens is 1. The van der Waals surface area contributed by atoms with E-state index in [0.717, 1.165) is 28.3 Å². The lowest BCUT2D eigenvalue weighted by Gasteiger charge is -2.25. The zero-order valence-electron chi connectivity index (χ0n) is 12.5. The summed E-state index contributed by atoms with van der Waals surface area (Å²) in [5.74, 6) is -0.232. The lowest BCUT2D eigenvalue weighted by molar-refractivity contribution is -0.122. The summed E-state index contributed by atoms with van der Waals surface area (Å²) in [7, 11) is 0. The summed E-state index contributed by atoms with van der Waals surface area (Å²) in [6.45, 7) is 2.56. The number of nitrogens with zero attached hydrogens (tertiary/aromatic N) is 1. The van der Waals surface area contributed by atoms with Gasteiger partial charge in [0.1, 0.15) is 0 Å².